The third-order valence-corrected chi connectivity index (χ3v) is 4.22. The molecule has 1 aromatic rings. The molecule has 148 valence electrons. The zero-order chi connectivity index (χ0) is 20.0. The van der Waals surface area contributed by atoms with Crippen molar-refractivity contribution in [2.45, 2.75) is 58.6 Å². The topological polar surface area (TPSA) is 84.9 Å². The van der Waals surface area contributed by atoms with Gasteiger partial charge in [-0.05, 0) is 71.2 Å². The number of rotatable bonds is 4. The lowest BCUT2D eigenvalue weighted by Crippen LogP contribution is -2.44. The number of ether oxygens (including phenoxy) is 2. The van der Waals surface area contributed by atoms with Gasteiger partial charge in [-0.25, -0.2) is 9.59 Å². The number of hydrogen-bond donors (Lipinski definition) is 1. The molecule has 1 aliphatic heterocycles. The molecule has 0 unspecified atom stereocenters. The fraction of sp³-hybridized carbons (Fsp3) is 0.550. The van der Waals surface area contributed by atoms with E-state index in [1.807, 2.05) is 6.92 Å². The van der Waals surface area contributed by atoms with Crippen LogP contribution in [0.15, 0.2) is 24.3 Å². The van der Waals surface area contributed by atoms with Crippen LogP contribution in [0.3, 0.4) is 0 Å². The summed E-state index contributed by atoms with van der Waals surface area (Å²) in [5.41, 5.74) is 0.218. The summed E-state index contributed by atoms with van der Waals surface area (Å²) < 4.78 is 10.3. The molecule has 1 saturated heterocycles. The highest BCUT2D eigenvalue weighted by Gasteiger charge is 2.24. The van der Waals surface area contributed by atoms with E-state index in [2.05, 4.69) is 5.32 Å². The van der Waals surface area contributed by atoms with Crippen LogP contribution in [0.5, 0.6) is 0 Å². The Balaban J connectivity index is 1.84. The minimum Gasteiger partial charge on any atom is -0.452 e. The number of carbonyl (C=O) groups excluding carboxylic acids is 3. The number of carbonyl (C=O) groups is 3. The van der Waals surface area contributed by atoms with Crippen LogP contribution in [0.4, 0.5) is 10.5 Å². The lowest BCUT2D eigenvalue weighted by atomic mass is 10.0. The maximum atomic E-state index is 12.2. The number of nitrogens with zero attached hydrogens (tertiary/aromatic N) is 1. The first kappa shape index (κ1) is 20.7. The van der Waals surface area contributed by atoms with Gasteiger partial charge < -0.3 is 14.4 Å². The second kappa shape index (κ2) is 8.88. The molecule has 1 N–H and O–H groups in total. The fourth-order valence-corrected chi connectivity index (χ4v) is 2.87. The van der Waals surface area contributed by atoms with Crippen LogP contribution < -0.4 is 5.32 Å². The monoisotopic (exact) mass is 376 g/mol. The van der Waals surface area contributed by atoms with E-state index in [0.717, 1.165) is 19.3 Å². The van der Waals surface area contributed by atoms with Crippen LogP contribution in [0.2, 0.25) is 0 Å². The lowest BCUT2D eigenvalue weighted by molar-refractivity contribution is -0.137. The molecule has 0 radical (unpaired) electrons. The maximum absolute atomic E-state index is 12.2. The molecule has 0 spiro atoms. The summed E-state index contributed by atoms with van der Waals surface area (Å²) in [5.74, 6) is -0.740. The molecule has 2 amide bonds. The van der Waals surface area contributed by atoms with Crippen molar-refractivity contribution in [3.63, 3.8) is 0 Å². The Labute approximate surface area is 160 Å². The van der Waals surface area contributed by atoms with E-state index in [9.17, 15) is 14.4 Å². The van der Waals surface area contributed by atoms with Gasteiger partial charge in [-0.3, -0.25) is 10.1 Å². The number of anilines is 1. The first-order valence-electron chi connectivity index (χ1n) is 9.22. The van der Waals surface area contributed by atoms with Crippen molar-refractivity contribution in [3.8, 4) is 0 Å². The van der Waals surface area contributed by atoms with Gasteiger partial charge in [-0.2, -0.15) is 0 Å². The Morgan fingerprint density at radius 2 is 1.81 bits per heavy atom. The molecule has 1 atom stereocenters. The Morgan fingerprint density at radius 3 is 2.41 bits per heavy atom. The fourth-order valence-electron chi connectivity index (χ4n) is 2.87. The first-order chi connectivity index (χ1) is 12.7. The van der Waals surface area contributed by atoms with E-state index in [1.54, 1.807) is 37.8 Å². The minimum absolute atomic E-state index is 0.168. The molecule has 1 fully saturated rings. The number of hydrogen-bond acceptors (Lipinski definition) is 5. The van der Waals surface area contributed by atoms with Gasteiger partial charge in [0.05, 0.1) is 5.56 Å². The number of benzene rings is 1. The van der Waals surface area contributed by atoms with Gasteiger partial charge in [-0.15, -0.1) is 0 Å². The first-order valence-corrected chi connectivity index (χ1v) is 9.22. The molecule has 0 saturated carbocycles. The molecule has 0 aliphatic carbocycles. The van der Waals surface area contributed by atoms with E-state index in [4.69, 9.17) is 9.47 Å². The molecule has 7 nitrogen and oxygen atoms in total. The summed E-state index contributed by atoms with van der Waals surface area (Å²) in [5, 5.41) is 2.59. The number of nitrogens with one attached hydrogen (secondary N) is 1. The van der Waals surface area contributed by atoms with E-state index >= 15 is 0 Å². The van der Waals surface area contributed by atoms with Gasteiger partial charge in [0, 0.05) is 18.3 Å². The van der Waals surface area contributed by atoms with Crippen LogP contribution in [-0.2, 0) is 14.3 Å². The van der Waals surface area contributed by atoms with Gasteiger partial charge in [0.25, 0.3) is 5.91 Å². The van der Waals surface area contributed by atoms with E-state index in [1.165, 1.54) is 12.1 Å². The second-order valence-electron chi connectivity index (χ2n) is 7.71. The summed E-state index contributed by atoms with van der Waals surface area (Å²) in [6.07, 6.45) is 2.51. The highest BCUT2D eigenvalue weighted by molar-refractivity contribution is 5.92. The molecule has 0 bridgehead atoms. The van der Waals surface area contributed by atoms with Crippen molar-refractivity contribution >= 4 is 23.7 Å². The Kier molecular flexibility index (Phi) is 6.82. The maximum Gasteiger partial charge on any atom is 0.412 e. The predicted octanol–water partition coefficient (Wildman–Crippen LogP) is 3.59. The quantitative estimate of drug-likeness (QED) is 0.812. The van der Waals surface area contributed by atoms with Crippen molar-refractivity contribution < 1.29 is 23.9 Å². The Bertz CT molecular complexity index is 679. The summed E-state index contributed by atoms with van der Waals surface area (Å²) in [6, 6.07) is 6.40. The van der Waals surface area contributed by atoms with Crippen molar-refractivity contribution in [3.05, 3.63) is 29.8 Å². The molecule has 1 heterocycles. The average molecular weight is 376 g/mol. The molecule has 2 rings (SSSR count). The zero-order valence-electron chi connectivity index (χ0n) is 16.4. The van der Waals surface area contributed by atoms with E-state index in [-0.39, 0.29) is 18.6 Å². The lowest BCUT2D eigenvalue weighted by Gasteiger charge is -2.33. The van der Waals surface area contributed by atoms with Crippen molar-refractivity contribution in [2.75, 3.05) is 18.5 Å². The van der Waals surface area contributed by atoms with Gasteiger partial charge in [0.2, 0.25) is 0 Å². The molecule has 0 aromatic heterocycles. The smallest absolute Gasteiger partial charge is 0.412 e. The van der Waals surface area contributed by atoms with Crippen LogP contribution in [0.1, 0.15) is 57.3 Å². The summed E-state index contributed by atoms with van der Waals surface area (Å²) in [7, 11) is 0. The van der Waals surface area contributed by atoms with Crippen LogP contribution >= 0.6 is 0 Å². The third kappa shape index (κ3) is 6.58. The Morgan fingerprint density at radius 1 is 1.15 bits per heavy atom. The predicted molar refractivity (Wildman–Crippen MR) is 102 cm³/mol. The van der Waals surface area contributed by atoms with Crippen LogP contribution in [0, 0.1) is 0 Å². The number of likely N-dealkylation sites (tertiary alicyclic amines) is 1. The van der Waals surface area contributed by atoms with E-state index < -0.39 is 17.7 Å². The Hall–Kier alpha value is -2.57. The van der Waals surface area contributed by atoms with Crippen LogP contribution in [-0.4, -0.2) is 47.7 Å². The molecular weight excluding hydrogens is 348 g/mol. The highest BCUT2D eigenvalue weighted by atomic mass is 16.6. The van der Waals surface area contributed by atoms with Gasteiger partial charge in [0.1, 0.15) is 5.60 Å². The highest BCUT2D eigenvalue weighted by Crippen LogP contribution is 2.17. The minimum atomic E-state index is -0.591. The summed E-state index contributed by atoms with van der Waals surface area (Å²) >= 11 is 0. The average Bonchev–Trinajstić information content (AvgIpc) is 2.58. The summed E-state index contributed by atoms with van der Waals surface area (Å²) in [6.45, 7) is 7.78. The molecule has 27 heavy (non-hydrogen) atoms. The number of esters is 1. The van der Waals surface area contributed by atoms with Crippen LogP contribution in [0.25, 0.3) is 0 Å². The summed E-state index contributed by atoms with van der Waals surface area (Å²) in [4.78, 5) is 37.9. The molecule has 7 heteroatoms. The number of piperidine rings is 1. The largest absolute Gasteiger partial charge is 0.452 e. The normalized spacial score (nSPS) is 17.2. The van der Waals surface area contributed by atoms with Crippen molar-refractivity contribution in [2.24, 2.45) is 0 Å². The molecule has 1 aliphatic rings. The van der Waals surface area contributed by atoms with Gasteiger partial charge >= 0.3 is 12.1 Å². The molecule has 1 aromatic carbocycles. The van der Waals surface area contributed by atoms with Crippen molar-refractivity contribution in [1.82, 2.24) is 4.90 Å². The third-order valence-electron chi connectivity index (χ3n) is 4.22. The zero-order valence-corrected chi connectivity index (χ0v) is 16.4. The van der Waals surface area contributed by atoms with Crippen molar-refractivity contribution in [1.29, 1.82) is 0 Å². The van der Waals surface area contributed by atoms with Gasteiger partial charge in [0.15, 0.2) is 6.61 Å². The standard InChI is InChI=1S/C20H28N2O5/c1-14-7-5-6-12-22(14)17(23)13-26-18(24)15-8-10-16(11-9-15)21-19(25)27-20(2,3)4/h8-11,14H,5-7,12-13H2,1-4H3,(H,21,25)/t14-/m0/s1. The van der Waals surface area contributed by atoms with E-state index in [0.29, 0.717) is 17.8 Å². The SMILES string of the molecule is C[C@H]1CCCCN1C(=O)COC(=O)c1ccc(NC(=O)OC(C)(C)C)cc1. The molecular formula is C20H28N2O5. The van der Waals surface area contributed by atoms with Gasteiger partial charge in [-0.1, -0.05) is 0 Å². The second-order valence-corrected chi connectivity index (χ2v) is 7.71. The number of amides is 2.